The van der Waals surface area contributed by atoms with Crippen molar-refractivity contribution >= 4 is 11.5 Å². The summed E-state index contributed by atoms with van der Waals surface area (Å²) in [6.07, 6.45) is 1.07. The second kappa shape index (κ2) is 4.45. The molecule has 23 heavy (non-hydrogen) atoms. The Morgan fingerprint density at radius 1 is 1.09 bits per heavy atom. The first-order chi connectivity index (χ1) is 11.2. The third-order valence-corrected chi connectivity index (χ3v) is 5.91. The van der Waals surface area contributed by atoms with E-state index in [1.54, 1.807) is 0 Å². The van der Waals surface area contributed by atoms with E-state index in [1.165, 1.54) is 16.8 Å². The molecular weight excluding hydrogens is 286 g/mol. The fourth-order valence-electron chi connectivity index (χ4n) is 4.95. The molecule has 3 aliphatic rings. The highest BCUT2D eigenvalue weighted by Gasteiger charge is 2.64. The number of benzene rings is 2. The van der Waals surface area contributed by atoms with E-state index in [1.807, 2.05) is 6.07 Å². The number of anilines is 1. The maximum absolute atomic E-state index is 12.5. The number of ketones is 1. The van der Waals surface area contributed by atoms with Crippen LogP contribution in [0.1, 0.15) is 29.9 Å². The number of likely N-dealkylation sites (N-methyl/N-ethyl adjacent to an activating group) is 1. The fourth-order valence-corrected chi connectivity index (χ4v) is 4.95. The molecule has 2 saturated heterocycles. The van der Waals surface area contributed by atoms with Gasteiger partial charge in [-0.1, -0.05) is 48.5 Å². The largest absolute Gasteiger partial charge is 0.368 e. The van der Waals surface area contributed by atoms with Gasteiger partial charge in [-0.05, 0) is 23.6 Å². The summed E-state index contributed by atoms with van der Waals surface area (Å²) >= 11 is 0. The Bertz CT molecular complexity index is 787. The van der Waals surface area contributed by atoms with Crippen LogP contribution in [0.3, 0.4) is 0 Å². The summed E-state index contributed by atoms with van der Waals surface area (Å²) < 4.78 is 6.49. The molecule has 3 heterocycles. The van der Waals surface area contributed by atoms with Crippen molar-refractivity contribution in [1.29, 1.82) is 0 Å². The number of hydrogen-bond acceptors (Lipinski definition) is 3. The summed E-state index contributed by atoms with van der Waals surface area (Å²) in [4.78, 5) is 14.8. The molecule has 0 aliphatic carbocycles. The number of ether oxygens (including phenoxy) is 1. The monoisotopic (exact) mass is 305 g/mol. The minimum Gasteiger partial charge on any atom is -0.368 e. The van der Waals surface area contributed by atoms with E-state index in [9.17, 15) is 4.79 Å². The number of hydrogen-bond donors (Lipinski definition) is 0. The van der Waals surface area contributed by atoms with Gasteiger partial charge in [-0.15, -0.1) is 0 Å². The van der Waals surface area contributed by atoms with E-state index in [-0.39, 0.29) is 29.4 Å². The van der Waals surface area contributed by atoms with Crippen LogP contribution in [-0.4, -0.2) is 25.0 Å². The van der Waals surface area contributed by atoms with Gasteiger partial charge in [0.2, 0.25) is 0 Å². The van der Waals surface area contributed by atoms with Crippen molar-refractivity contribution in [3.8, 4) is 0 Å². The van der Waals surface area contributed by atoms with Gasteiger partial charge < -0.3 is 9.64 Å². The molecule has 2 aromatic rings. The smallest absolute Gasteiger partial charge is 0.163 e. The third-order valence-electron chi connectivity index (χ3n) is 5.91. The molecule has 4 atom stereocenters. The average Bonchev–Trinajstić information content (AvgIpc) is 3.06. The standard InChI is InChI=1S/C20H19NO2/c1-21-15-10-6-5-9-14(15)17-18(21)19-16(22)11-12-20(17,23-19)13-7-3-2-4-8-13/h2-10,17-19H,11-12H2,1H3/t17-,18+,19-,20-/m0/s1. The quantitative estimate of drug-likeness (QED) is 0.810. The molecule has 0 saturated carbocycles. The Morgan fingerprint density at radius 3 is 2.65 bits per heavy atom. The number of carbonyl (C=O) groups excluding carboxylic acids is 1. The van der Waals surface area contributed by atoms with E-state index < -0.39 is 0 Å². The highest BCUT2D eigenvalue weighted by atomic mass is 16.5. The lowest BCUT2D eigenvalue weighted by Crippen LogP contribution is -2.42. The predicted octanol–water partition coefficient (Wildman–Crippen LogP) is 3.25. The summed E-state index contributed by atoms with van der Waals surface area (Å²) in [5.41, 5.74) is 3.40. The molecule has 2 fully saturated rings. The van der Waals surface area contributed by atoms with Gasteiger partial charge in [0, 0.05) is 25.1 Å². The first-order valence-corrected chi connectivity index (χ1v) is 8.30. The van der Waals surface area contributed by atoms with Crippen LogP contribution in [-0.2, 0) is 15.1 Å². The number of Topliss-reactive ketones (excluding diaryl/α,β-unsaturated/α-hetero) is 1. The van der Waals surface area contributed by atoms with Gasteiger partial charge in [-0.3, -0.25) is 4.79 Å². The maximum Gasteiger partial charge on any atom is 0.163 e. The van der Waals surface area contributed by atoms with Crippen molar-refractivity contribution in [2.75, 3.05) is 11.9 Å². The highest BCUT2D eigenvalue weighted by Crippen LogP contribution is 2.61. The molecular formula is C20H19NO2. The second-order valence-corrected chi connectivity index (χ2v) is 6.90. The molecule has 0 amide bonds. The van der Waals surface area contributed by atoms with Crippen molar-refractivity contribution in [2.24, 2.45) is 0 Å². The van der Waals surface area contributed by atoms with Gasteiger partial charge in [0.05, 0.1) is 6.04 Å². The third kappa shape index (κ3) is 1.56. The zero-order valence-electron chi connectivity index (χ0n) is 13.1. The first kappa shape index (κ1) is 13.3. The zero-order valence-corrected chi connectivity index (χ0v) is 13.1. The van der Waals surface area contributed by atoms with Crippen molar-refractivity contribution in [1.82, 2.24) is 0 Å². The molecule has 5 rings (SSSR count). The molecule has 0 spiro atoms. The number of rotatable bonds is 1. The van der Waals surface area contributed by atoms with Crippen LogP contribution in [0.5, 0.6) is 0 Å². The minimum absolute atomic E-state index is 0.114. The second-order valence-electron chi connectivity index (χ2n) is 6.90. The SMILES string of the molecule is CN1c2ccccc2[C@H]2[C@@H]1[C@H]1O[C@]2(c2ccccc2)CCC1=O. The van der Waals surface area contributed by atoms with Gasteiger partial charge in [-0.2, -0.15) is 0 Å². The molecule has 0 unspecified atom stereocenters. The Kier molecular flexibility index (Phi) is 2.58. The lowest BCUT2D eigenvalue weighted by Gasteiger charge is -2.37. The van der Waals surface area contributed by atoms with E-state index in [0.717, 1.165) is 6.42 Å². The first-order valence-electron chi connectivity index (χ1n) is 8.30. The minimum atomic E-state index is -0.370. The Balaban J connectivity index is 1.75. The van der Waals surface area contributed by atoms with E-state index >= 15 is 0 Å². The molecule has 2 bridgehead atoms. The molecule has 3 heteroatoms. The summed E-state index contributed by atoms with van der Waals surface area (Å²) in [6, 6.07) is 19.1. The van der Waals surface area contributed by atoms with Gasteiger partial charge in [0.1, 0.15) is 11.7 Å². The van der Waals surface area contributed by atoms with Crippen LogP contribution in [0.15, 0.2) is 54.6 Å². The Morgan fingerprint density at radius 2 is 1.83 bits per heavy atom. The zero-order chi connectivity index (χ0) is 15.6. The molecule has 0 aromatic heterocycles. The predicted molar refractivity (Wildman–Crippen MR) is 88.6 cm³/mol. The normalized spacial score (nSPS) is 34.4. The van der Waals surface area contributed by atoms with Gasteiger partial charge in [0.25, 0.3) is 0 Å². The molecule has 3 nitrogen and oxygen atoms in total. The van der Waals surface area contributed by atoms with E-state index in [2.05, 4.69) is 60.5 Å². The Hall–Kier alpha value is -2.13. The number of fused-ring (bicyclic) bond motifs is 7. The lowest BCUT2D eigenvalue weighted by atomic mass is 9.75. The summed E-state index contributed by atoms with van der Waals surface area (Å²) in [7, 11) is 2.10. The van der Waals surface area contributed by atoms with Crippen molar-refractivity contribution < 1.29 is 9.53 Å². The fraction of sp³-hybridized carbons (Fsp3) is 0.350. The maximum atomic E-state index is 12.5. The molecule has 2 aromatic carbocycles. The van der Waals surface area contributed by atoms with Gasteiger partial charge >= 0.3 is 0 Å². The number of nitrogens with zero attached hydrogens (tertiary/aromatic N) is 1. The van der Waals surface area contributed by atoms with Crippen molar-refractivity contribution in [3.05, 3.63) is 65.7 Å². The topological polar surface area (TPSA) is 29.5 Å². The lowest BCUT2D eigenvalue weighted by molar-refractivity contribution is -0.148. The van der Waals surface area contributed by atoms with Crippen LogP contribution >= 0.6 is 0 Å². The number of para-hydroxylation sites is 1. The van der Waals surface area contributed by atoms with Crippen molar-refractivity contribution in [2.45, 2.75) is 36.5 Å². The van der Waals surface area contributed by atoms with E-state index in [4.69, 9.17) is 4.74 Å². The Labute approximate surface area is 135 Å². The van der Waals surface area contributed by atoms with Crippen LogP contribution in [0.25, 0.3) is 0 Å². The van der Waals surface area contributed by atoms with Crippen LogP contribution < -0.4 is 4.90 Å². The molecule has 0 N–H and O–H groups in total. The number of carbonyl (C=O) groups is 1. The molecule has 116 valence electrons. The highest BCUT2D eigenvalue weighted by molar-refractivity contribution is 5.88. The van der Waals surface area contributed by atoms with Crippen LogP contribution in [0.4, 0.5) is 5.69 Å². The van der Waals surface area contributed by atoms with Crippen molar-refractivity contribution in [3.63, 3.8) is 0 Å². The molecule has 3 aliphatic heterocycles. The summed E-state index contributed by atoms with van der Waals surface area (Å²) in [5.74, 6) is 0.478. The van der Waals surface area contributed by atoms with Crippen LogP contribution in [0.2, 0.25) is 0 Å². The summed E-state index contributed by atoms with van der Waals surface area (Å²) in [6.45, 7) is 0. The van der Waals surface area contributed by atoms with Crippen LogP contribution in [0, 0.1) is 0 Å². The summed E-state index contributed by atoms with van der Waals surface area (Å²) in [5, 5.41) is 0. The average molecular weight is 305 g/mol. The van der Waals surface area contributed by atoms with E-state index in [0.29, 0.717) is 6.42 Å². The van der Waals surface area contributed by atoms with Gasteiger partial charge in [0.15, 0.2) is 5.78 Å². The molecule has 0 radical (unpaired) electrons. The van der Waals surface area contributed by atoms with Gasteiger partial charge in [-0.25, -0.2) is 0 Å².